The molecule has 0 unspecified atom stereocenters. The number of hydrogen-bond donors (Lipinski definition) is 1. The van der Waals surface area contributed by atoms with Gasteiger partial charge >= 0.3 is 0 Å². The molecule has 0 spiro atoms. The van der Waals surface area contributed by atoms with Gasteiger partial charge in [0.2, 0.25) is 0 Å². The number of fused-ring (bicyclic) bond motifs is 1. The largest absolute Gasteiger partial charge is 0.369 e. The average Bonchev–Trinajstić information content (AvgIpc) is 2.27. The minimum atomic E-state index is -2.94. The Morgan fingerprint density at radius 3 is 2.88 bits per heavy atom. The van der Waals surface area contributed by atoms with E-state index in [9.17, 15) is 8.42 Å². The second-order valence-electron chi connectivity index (χ2n) is 3.80. The molecular weight excluding hydrogens is 238 g/mol. The van der Waals surface area contributed by atoms with Crippen molar-refractivity contribution in [2.75, 3.05) is 23.9 Å². The Kier molecular flexibility index (Phi) is 3.23. The normalized spacial score (nSPS) is 11.6. The van der Waals surface area contributed by atoms with Crippen LogP contribution < -0.4 is 5.32 Å². The first-order valence-corrected chi connectivity index (χ1v) is 7.24. The molecule has 2 aromatic heterocycles. The van der Waals surface area contributed by atoms with Crippen LogP contribution in [0.3, 0.4) is 0 Å². The van der Waals surface area contributed by atoms with Crippen molar-refractivity contribution >= 4 is 26.7 Å². The van der Waals surface area contributed by atoms with Gasteiger partial charge in [0, 0.05) is 24.4 Å². The molecule has 0 saturated carbocycles. The van der Waals surface area contributed by atoms with Crippen LogP contribution in [0.2, 0.25) is 0 Å². The number of aromatic nitrogens is 2. The van der Waals surface area contributed by atoms with E-state index in [0.29, 0.717) is 18.0 Å². The van der Waals surface area contributed by atoms with Crippen molar-refractivity contribution in [3.63, 3.8) is 0 Å². The van der Waals surface area contributed by atoms with Gasteiger partial charge in [0.05, 0.1) is 5.75 Å². The van der Waals surface area contributed by atoms with E-state index in [4.69, 9.17) is 0 Å². The molecule has 0 aliphatic carbocycles. The first-order valence-electron chi connectivity index (χ1n) is 5.18. The third-order valence-electron chi connectivity index (χ3n) is 2.24. The van der Waals surface area contributed by atoms with Crippen molar-refractivity contribution in [1.29, 1.82) is 0 Å². The van der Waals surface area contributed by atoms with Gasteiger partial charge in [-0.2, -0.15) is 0 Å². The molecule has 0 saturated heterocycles. The molecule has 6 heteroatoms. The van der Waals surface area contributed by atoms with E-state index in [1.807, 2.05) is 24.3 Å². The summed E-state index contributed by atoms with van der Waals surface area (Å²) in [6, 6.07) is 7.49. The zero-order chi connectivity index (χ0) is 12.3. The van der Waals surface area contributed by atoms with Gasteiger partial charge < -0.3 is 5.32 Å². The van der Waals surface area contributed by atoms with Crippen LogP contribution >= 0.6 is 0 Å². The number of nitrogens with one attached hydrogen (secondary N) is 1. The molecule has 2 rings (SSSR count). The molecule has 5 nitrogen and oxygen atoms in total. The number of anilines is 1. The van der Waals surface area contributed by atoms with Gasteiger partial charge in [-0.3, -0.25) is 0 Å². The summed E-state index contributed by atoms with van der Waals surface area (Å²) in [4.78, 5) is 8.41. The van der Waals surface area contributed by atoms with Crippen LogP contribution in [-0.2, 0) is 9.84 Å². The highest BCUT2D eigenvalue weighted by atomic mass is 32.2. The fourth-order valence-electron chi connectivity index (χ4n) is 1.42. The highest BCUT2D eigenvalue weighted by Crippen LogP contribution is 2.11. The van der Waals surface area contributed by atoms with Gasteiger partial charge in [0.15, 0.2) is 5.65 Å². The lowest BCUT2D eigenvalue weighted by Crippen LogP contribution is -2.14. The van der Waals surface area contributed by atoms with Gasteiger partial charge in [0.1, 0.15) is 15.7 Å². The Labute approximate surface area is 99.8 Å². The number of sulfone groups is 1. The summed E-state index contributed by atoms with van der Waals surface area (Å²) in [6.45, 7) is 0.351. The number of rotatable bonds is 4. The molecule has 0 amide bonds. The third-order valence-corrected chi connectivity index (χ3v) is 3.19. The van der Waals surface area contributed by atoms with E-state index in [0.717, 1.165) is 5.39 Å². The molecule has 0 aromatic carbocycles. The SMILES string of the molecule is CS(=O)(=O)CCNc1ccc2cccnc2n1. The lowest BCUT2D eigenvalue weighted by Gasteiger charge is -2.05. The van der Waals surface area contributed by atoms with E-state index in [2.05, 4.69) is 15.3 Å². The molecule has 0 aliphatic heterocycles. The van der Waals surface area contributed by atoms with Crippen molar-refractivity contribution in [3.8, 4) is 0 Å². The number of pyridine rings is 2. The molecule has 1 N–H and O–H groups in total. The van der Waals surface area contributed by atoms with Crippen LogP contribution in [0.4, 0.5) is 5.82 Å². The van der Waals surface area contributed by atoms with E-state index < -0.39 is 9.84 Å². The smallest absolute Gasteiger partial charge is 0.161 e. The second kappa shape index (κ2) is 4.67. The second-order valence-corrected chi connectivity index (χ2v) is 6.06. The Morgan fingerprint density at radius 1 is 1.29 bits per heavy atom. The zero-order valence-corrected chi connectivity index (χ0v) is 10.2. The Bertz CT molecular complexity index is 625. The monoisotopic (exact) mass is 251 g/mol. The van der Waals surface area contributed by atoms with Gasteiger partial charge in [-0.25, -0.2) is 18.4 Å². The highest BCUT2D eigenvalue weighted by Gasteiger charge is 2.02. The van der Waals surface area contributed by atoms with E-state index in [-0.39, 0.29) is 5.75 Å². The summed E-state index contributed by atoms with van der Waals surface area (Å²) < 4.78 is 21.9. The summed E-state index contributed by atoms with van der Waals surface area (Å²) in [5.74, 6) is 0.731. The van der Waals surface area contributed by atoms with Crippen LogP contribution in [0, 0.1) is 0 Å². The lowest BCUT2D eigenvalue weighted by molar-refractivity contribution is 0.602. The van der Waals surface area contributed by atoms with Crippen molar-refractivity contribution in [3.05, 3.63) is 30.5 Å². The maximum atomic E-state index is 11.0. The Balaban J connectivity index is 2.09. The predicted molar refractivity (Wildman–Crippen MR) is 67.7 cm³/mol. The fourth-order valence-corrected chi connectivity index (χ4v) is 1.89. The maximum Gasteiger partial charge on any atom is 0.161 e. The lowest BCUT2D eigenvalue weighted by atomic mass is 10.3. The molecule has 2 aromatic rings. The first kappa shape index (κ1) is 11.8. The summed E-state index contributed by atoms with van der Waals surface area (Å²) in [6.07, 6.45) is 2.89. The molecule has 2 heterocycles. The van der Waals surface area contributed by atoms with Crippen LogP contribution in [0.15, 0.2) is 30.5 Å². The molecule has 0 atom stereocenters. The average molecular weight is 251 g/mol. The van der Waals surface area contributed by atoms with Crippen molar-refractivity contribution in [2.24, 2.45) is 0 Å². The highest BCUT2D eigenvalue weighted by molar-refractivity contribution is 7.90. The minimum Gasteiger partial charge on any atom is -0.369 e. The van der Waals surface area contributed by atoms with E-state index in [1.165, 1.54) is 6.26 Å². The topological polar surface area (TPSA) is 72.0 Å². The van der Waals surface area contributed by atoms with Crippen molar-refractivity contribution in [2.45, 2.75) is 0 Å². The van der Waals surface area contributed by atoms with E-state index in [1.54, 1.807) is 6.20 Å². The predicted octanol–water partition coefficient (Wildman–Crippen LogP) is 1.09. The zero-order valence-electron chi connectivity index (χ0n) is 9.42. The Morgan fingerprint density at radius 2 is 2.12 bits per heavy atom. The van der Waals surface area contributed by atoms with Crippen molar-refractivity contribution in [1.82, 2.24) is 9.97 Å². The van der Waals surface area contributed by atoms with Gasteiger partial charge in [-0.1, -0.05) is 0 Å². The van der Waals surface area contributed by atoms with Crippen LogP contribution in [0.1, 0.15) is 0 Å². The molecule has 17 heavy (non-hydrogen) atoms. The summed E-state index contributed by atoms with van der Waals surface area (Å²) in [7, 11) is -2.94. The third kappa shape index (κ3) is 3.39. The maximum absolute atomic E-state index is 11.0. The van der Waals surface area contributed by atoms with Crippen LogP contribution in [-0.4, -0.2) is 36.9 Å². The molecule has 0 bridgehead atoms. The molecule has 90 valence electrons. The van der Waals surface area contributed by atoms with E-state index >= 15 is 0 Å². The molecule has 0 aliphatic rings. The standard InChI is InChI=1S/C11H13N3O2S/c1-17(15,16)8-7-12-10-5-4-9-3-2-6-13-11(9)14-10/h2-6H,7-8H2,1H3,(H,12,13,14). The fraction of sp³-hybridized carbons (Fsp3) is 0.273. The van der Waals surface area contributed by atoms with Crippen molar-refractivity contribution < 1.29 is 8.42 Å². The first-order chi connectivity index (χ1) is 8.04. The molecule has 0 fully saturated rings. The molecular formula is C11H13N3O2S. The molecule has 0 radical (unpaired) electrons. The number of hydrogen-bond acceptors (Lipinski definition) is 5. The number of nitrogens with zero attached hydrogens (tertiary/aromatic N) is 2. The van der Waals surface area contributed by atoms with Crippen LogP contribution in [0.5, 0.6) is 0 Å². The minimum absolute atomic E-state index is 0.0922. The van der Waals surface area contributed by atoms with Gasteiger partial charge in [-0.15, -0.1) is 0 Å². The summed E-state index contributed by atoms with van der Waals surface area (Å²) in [5.41, 5.74) is 0.650. The summed E-state index contributed by atoms with van der Waals surface area (Å²) in [5, 5.41) is 3.92. The summed E-state index contributed by atoms with van der Waals surface area (Å²) >= 11 is 0. The van der Waals surface area contributed by atoms with Crippen LogP contribution in [0.25, 0.3) is 11.0 Å². The Hall–Kier alpha value is -1.69. The van der Waals surface area contributed by atoms with Gasteiger partial charge in [0.25, 0.3) is 0 Å². The van der Waals surface area contributed by atoms with Gasteiger partial charge in [-0.05, 0) is 24.3 Å². The quantitative estimate of drug-likeness (QED) is 0.880.